The van der Waals surface area contributed by atoms with E-state index in [1.165, 1.54) is 24.5 Å². The Morgan fingerprint density at radius 1 is 1.03 bits per heavy atom. The van der Waals surface area contributed by atoms with Crippen LogP contribution in [0.5, 0.6) is 5.75 Å². The van der Waals surface area contributed by atoms with Crippen molar-refractivity contribution in [1.82, 2.24) is 9.97 Å². The number of halogens is 3. The number of ether oxygens (including phenoxy) is 1. The number of hydrogen-bond acceptors (Lipinski definition) is 6. The van der Waals surface area contributed by atoms with Crippen molar-refractivity contribution in [2.45, 2.75) is 12.9 Å². The zero-order valence-electron chi connectivity index (χ0n) is 14.6. The summed E-state index contributed by atoms with van der Waals surface area (Å²) in [6.45, 7) is 0.0359. The van der Waals surface area contributed by atoms with E-state index in [-0.39, 0.29) is 23.7 Å². The first-order valence-electron chi connectivity index (χ1n) is 8.42. The first kappa shape index (κ1) is 18.5. The number of benzene rings is 2. The maximum Gasteiger partial charge on any atom is 0.573 e. The fraction of sp³-hybridized carbons (Fsp3) is 0.105. The van der Waals surface area contributed by atoms with Crippen LogP contribution >= 0.6 is 0 Å². The molecule has 0 spiro atoms. The summed E-state index contributed by atoms with van der Waals surface area (Å²) in [4.78, 5) is 30.9. The molecule has 0 fully saturated rings. The summed E-state index contributed by atoms with van der Waals surface area (Å²) >= 11 is 0. The Labute approximate surface area is 160 Å². The van der Waals surface area contributed by atoms with Crippen LogP contribution < -0.4 is 26.2 Å². The van der Waals surface area contributed by atoms with E-state index in [4.69, 9.17) is 0 Å². The number of alkyl halides is 3. The highest BCUT2D eigenvalue weighted by molar-refractivity contribution is 5.84. The summed E-state index contributed by atoms with van der Waals surface area (Å²) in [5.74, 6) is -0.368. The van der Waals surface area contributed by atoms with Gasteiger partial charge in [-0.25, -0.2) is 4.98 Å². The maximum absolute atomic E-state index is 12.3. The van der Waals surface area contributed by atoms with Crippen LogP contribution in [0.4, 0.5) is 30.2 Å². The maximum atomic E-state index is 12.3. The molecule has 0 radical (unpaired) electrons. The van der Waals surface area contributed by atoms with Crippen LogP contribution in [0.25, 0.3) is 11.0 Å². The number of H-pyrrole nitrogens is 1. The van der Waals surface area contributed by atoms with E-state index in [2.05, 4.69) is 25.3 Å². The summed E-state index contributed by atoms with van der Waals surface area (Å²) in [5.41, 5.74) is 1.33. The van der Waals surface area contributed by atoms with Crippen LogP contribution in [0.3, 0.4) is 0 Å². The fourth-order valence-electron chi connectivity index (χ4n) is 2.88. The highest BCUT2D eigenvalue weighted by atomic mass is 19.4. The average molecular weight is 402 g/mol. The van der Waals surface area contributed by atoms with E-state index in [0.29, 0.717) is 11.3 Å². The quantitative estimate of drug-likeness (QED) is 0.428. The van der Waals surface area contributed by atoms with Gasteiger partial charge in [-0.15, -0.1) is 13.2 Å². The van der Waals surface area contributed by atoms with Crippen LogP contribution in [-0.2, 0) is 6.54 Å². The highest BCUT2D eigenvalue weighted by Crippen LogP contribution is 2.25. The SMILES string of the molecule is O=c1c(NCc2cccc(OC(F)(F)F)c2)c(Nc2ccc3nc[nH]c3c2)c1=O. The number of imidazole rings is 1. The van der Waals surface area contributed by atoms with Crippen LogP contribution in [0, 0.1) is 0 Å². The number of hydrogen-bond donors (Lipinski definition) is 3. The number of rotatable bonds is 6. The van der Waals surface area contributed by atoms with Gasteiger partial charge in [-0.05, 0) is 35.9 Å². The molecule has 148 valence electrons. The lowest BCUT2D eigenvalue weighted by Gasteiger charge is -2.15. The summed E-state index contributed by atoms with van der Waals surface area (Å²) in [6.07, 6.45) is -3.26. The first-order valence-corrected chi connectivity index (χ1v) is 8.42. The largest absolute Gasteiger partial charge is 0.573 e. The van der Waals surface area contributed by atoms with Crippen LogP contribution in [0.2, 0.25) is 0 Å². The first-order chi connectivity index (χ1) is 13.8. The minimum absolute atomic E-state index is 0.0359. The van der Waals surface area contributed by atoms with E-state index < -0.39 is 17.2 Å². The Bertz CT molecular complexity index is 1260. The molecule has 0 atom stereocenters. The number of aromatic nitrogens is 2. The molecule has 0 aliphatic rings. The zero-order valence-corrected chi connectivity index (χ0v) is 14.6. The van der Waals surface area contributed by atoms with Gasteiger partial charge in [-0.2, -0.15) is 0 Å². The van der Waals surface area contributed by atoms with Crippen molar-refractivity contribution in [2.24, 2.45) is 0 Å². The second-order valence-electron chi connectivity index (χ2n) is 6.22. The number of anilines is 3. The molecule has 0 aliphatic carbocycles. The van der Waals surface area contributed by atoms with Gasteiger partial charge in [-0.3, -0.25) is 9.59 Å². The van der Waals surface area contributed by atoms with Crippen molar-refractivity contribution in [1.29, 1.82) is 0 Å². The Morgan fingerprint density at radius 2 is 1.83 bits per heavy atom. The van der Waals surface area contributed by atoms with E-state index >= 15 is 0 Å². The third-order valence-electron chi connectivity index (χ3n) is 4.20. The molecule has 3 N–H and O–H groups in total. The van der Waals surface area contributed by atoms with Gasteiger partial charge in [0.25, 0.3) is 10.9 Å². The van der Waals surface area contributed by atoms with Gasteiger partial charge in [0.15, 0.2) is 0 Å². The van der Waals surface area contributed by atoms with Gasteiger partial charge in [-0.1, -0.05) is 12.1 Å². The lowest BCUT2D eigenvalue weighted by atomic mass is 10.1. The Kier molecular flexibility index (Phi) is 4.45. The van der Waals surface area contributed by atoms with Gasteiger partial charge < -0.3 is 20.4 Å². The van der Waals surface area contributed by atoms with Gasteiger partial charge in [0.05, 0.1) is 17.4 Å². The zero-order chi connectivity index (χ0) is 20.6. The molecule has 0 bridgehead atoms. The molecule has 4 aromatic rings. The monoisotopic (exact) mass is 402 g/mol. The molecule has 29 heavy (non-hydrogen) atoms. The van der Waals surface area contributed by atoms with Gasteiger partial charge in [0, 0.05) is 12.2 Å². The topological polar surface area (TPSA) is 96.1 Å². The molecule has 0 amide bonds. The molecule has 1 heterocycles. The molecule has 0 unspecified atom stereocenters. The Hall–Kier alpha value is -3.82. The third kappa shape index (κ3) is 3.91. The van der Waals surface area contributed by atoms with Crippen molar-refractivity contribution in [2.75, 3.05) is 10.6 Å². The molecular weight excluding hydrogens is 389 g/mol. The van der Waals surface area contributed by atoms with Crippen molar-refractivity contribution in [3.63, 3.8) is 0 Å². The second kappa shape index (κ2) is 6.97. The number of nitrogens with one attached hydrogen (secondary N) is 3. The standard InChI is InChI=1S/C19H13F3N4O3/c20-19(21,22)29-12-3-1-2-10(6-12)8-23-15-16(18(28)17(15)27)26-11-4-5-13-14(7-11)25-9-24-13/h1-7,9,23,26H,8H2,(H,24,25). The molecular formula is C19H13F3N4O3. The third-order valence-corrected chi connectivity index (χ3v) is 4.20. The second-order valence-corrected chi connectivity index (χ2v) is 6.22. The average Bonchev–Trinajstić information content (AvgIpc) is 3.13. The molecule has 10 heteroatoms. The van der Waals surface area contributed by atoms with E-state index in [1.807, 2.05) is 0 Å². The number of nitrogens with zero attached hydrogens (tertiary/aromatic N) is 1. The van der Waals surface area contributed by atoms with Crippen molar-refractivity contribution in [3.05, 3.63) is 74.8 Å². The molecule has 1 aromatic heterocycles. The van der Waals surface area contributed by atoms with Crippen molar-refractivity contribution >= 4 is 28.1 Å². The summed E-state index contributed by atoms with van der Waals surface area (Å²) < 4.78 is 40.9. The smallest absolute Gasteiger partial charge is 0.406 e. The number of aromatic amines is 1. The van der Waals surface area contributed by atoms with E-state index in [9.17, 15) is 22.8 Å². The minimum atomic E-state index is -4.79. The van der Waals surface area contributed by atoms with Gasteiger partial charge >= 0.3 is 6.36 Å². The number of fused-ring (bicyclic) bond motifs is 1. The van der Waals surface area contributed by atoms with Gasteiger partial charge in [0.1, 0.15) is 17.1 Å². The molecule has 0 saturated carbocycles. The lowest BCUT2D eigenvalue weighted by Crippen LogP contribution is -2.36. The van der Waals surface area contributed by atoms with Crippen LogP contribution in [-0.4, -0.2) is 16.3 Å². The van der Waals surface area contributed by atoms with E-state index in [1.54, 1.807) is 24.3 Å². The molecule has 7 nitrogen and oxygen atoms in total. The van der Waals surface area contributed by atoms with Gasteiger partial charge in [0.2, 0.25) is 0 Å². The molecule has 4 rings (SSSR count). The molecule has 3 aromatic carbocycles. The summed E-state index contributed by atoms with van der Waals surface area (Å²) in [5, 5.41) is 5.69. The Morgan fingerprint density at radius 3 is 2.62 bits per heavy atom. The minimum Gasteiger partial charge on any atom is -0.406 e. The predicted octanol–water partition coefficient (Wildman–Crippen LogP) is 3.41. The summed E-state index contributed by atoms with van der Waals surface area (Å²) in [6, 6.07) is 10.5. The van der Waals surface area contributed by atoms with E-state index in [0.717, 1.165) is 11.0 Å². The van der Waals surface area contributed by atoms with Crippen molar-refractivity contribution in [3.8, 4) is 5.75 Å². The lowest BCUT2D eigenvalue weighted by molar-refractivity contribution is -0.274. The van der Waals surface area contributed by atoms with Crippen LogP contribution in [0.15, 0.2) is 58.4 Å². The Balaban J connectivity index is 1.49. The predicted molar refractivity (Wildman–Crippen MR) is 101 cm³/mol. The normalized spacial score (nSPS) is 11.7. The molecule has 0 saturated heterocycles. The highest BCUT2D eigenvalue weighted by Gasteiger charge is 2.31. The van der Waals surface area contributed by atoms with Crippen molar-refractivity contribution < 1.29 is 17.9 Å². The fourth-order valence-corrected chi connectivity index (χ4v) is 2.88. The van der Waals surface area contributed by atoms with Crippen LogP contribution in [0.1, 0.15) is 5.56 Å². The molecule has 0 aliphatic heterocycles. The summed E-state index contributed by atoms with van der Waals surface area (Å²) in [7, 11) is 0.